The third kappa shape index (κ3) is 5.30. The zero-order valence-corrected chi connectivity index (χ0v) is 11.2. The molecule has 0 saturated heterocycles. The van der Waals surface area contributed by atoms with Crippen molar-refractivity contribution in [3.05, 3.63) is 17.0 Å². The van der Waals surface area contributed by atoms with Crippen molar-refractivity contribution in [2.24, 2.45) is 0 Å². The number of nitrogens with one attached hydrogen (secondary N) is 1. The summed E-state index contributed by atoms with van der Waals surface area (Å²) in [6.07, 6.45) is 0. The Bertz CT molecular complexity index is 304. The van der Waals surface area contributed by atoms with Crippen LogP contribution in [0.25, 0.3) is 0 Å². The Morgan fingerprint density at radius 1 is 1.29 bits per heavy atom. The van der Waals surface area contributed by atoms with Gasteiger partial charge in [-0.25, -0.2) is 0 Å². The molecule has 0 aliphatic heterocycles. The van der Waals surface area contributed by atoms with Crippen molar-refractivity contribution >= 4 is 0 Å². The lowest BCUT2D eigenvalue weighted by molar-refractivity contribution is 0.119. The largest absolute Gasteiger partial charge is 0.379 e. The number of hydrogen-bond donors (Lipinski definition) is 1. The van der Waals surface area contributed by atoms with E-state index >= 15 is 0 Å². The van der Waals surface area contributed by atoms with Gasteiger partial charge >= 0.3 is 0 Å². The minimum absolute atomic E-state index is 0.733. The summed E-state index contributed by atoms with van der Waals surface area (Å²) < 4.78 is 10.6. The van der Waals surface area contributed by atoms with Gasteiger partial charge in [-0.2, -0.15) is 0 Å². The molecule has 0 fully saturated rings. The van der Waals surface area contributed by atoms with Crippen molar-refractivity contribution < 1.29 is 9.26 Å². The van der Waals surface area contributed by atoms with Gasteiger partial charge in [-0.15, -0.1) is 0 Å². The standard InChI is InChI=1S/C12H23N3O2/c1-10-12(11(2)17-14-10)9-13-5-7-16-8-6-15(3)4/h13H,5-9H2,1-4H3. The monoisotopic (exact) mass is 241 g/mol. The van der Waals surface area contributed by atoms with Crippen LogP contribution in [0.3, 0.4) is 0 Å². The van der Waals surface area contributed by atoms with Crippen molar-refractivity contribution in [2.45, 2.75) is 20.4 Å². The molecule has 0 bridgehead atoms. The van der Waals surface area contributed by atoms with Gasteiger partial charge in [-0.3, -0.25) is 0 Å². The van der Waals surface area contributed by atoms with E-state index < -0.39 is 0 Å². The molecule has 5 heteroatoms. The number of aromatic nitrogens is 1. The van der Waals surface area contributed by atoms with Crippen LogP contribution in [0.5, 0.6) is 0 Å². The Morgan fingerprint density at radius 3 is 2.65 bits per heavy atom. The molecule has 0 spiro atoms. The van der Waals surface area contributed by atoms with E-state index in [2.05, 4.69) is 15.4 Å². The minimum atomic E-state index is 0.733. The molecule has 0 amide bonds. The highest BCUT2D eigenvalue weighted by Crippen LogP contribution is 2.10. The van der Waals surface area contributed by atoms with Crippen LogP contribution in [0.2, 0.25) is 0 Å². The third-order valence-electron chi connectivity index (χ3n) is 2.59. The molecule has 0 unspecified atom stereocenters. The van der Waals surface area contributed by atoms with Crippen molar-refractivity contribution in [3.8, 4) is 0 Å². The maximum absolute atomic E-state index is 5.48. The van der Waals surface area contributed by atoms with Gasteiger partial charge < -0.3 is 19.5 Å². The first-order chi connectivity index (χ1) is 8.11. The molecule has 0 aliphatic carbocycles. The number of likely N-dealkylation sites (N-methyl/N-ethyl adjacent to an activating group) is 1. The molecule has 0 saturated carbocycles. The molecule has 1 heterocycles. The van der Waals surface area contributed by atoms with Crippen LogP contribution in [0.15, 0.2) is 4.52 Å². The van der Waals surface area contributed by atoms with Crippen molar-refractivity contribution in [3.63, 3.8) is 0 Å². The summed E-state index contributed by atoms with van der Waals surface area (Å²) in [7, 11) is 4.08. The molecule has 1 rings (SSSR count). The topological polar surface area (TPSA) is 50.5 Å². The minimum Gasteiger partial charge on any atom is -0.379 e. The second-order valence-electron chi connectivity index (χ2n) is 4.40. The lowest BCUT2D eigenvalue weighted by atomic mass is 10.2. The van der Waals surface area contributed by atoms with Gasteiger partial charge in [0.1, 0.15) is 5.76 Å². The normalized spacial score (nSPS) is 11.4. The highest BCUT2D eigenvalue weighted by atomic mass is 16.5. The van der Waals surface area contributed by atoms with Crippen LogP contribution < -0.4 is 5.32 Å². The van der Waals surface area contributed by atoms with E-state index in [1.165, 1.54) is 0 Å². The smallest absolute Gasteiger partial charge is 0.138 e. The van der Waals surface area contributed by atoms with Crippen LogP contribution in [0.1, 0.15) is 17.0 Å². The second kappa shape index (κ2) is 7.42. The highest BCUT2D eigenvalue weighted by molar-refractivity contribution is 5.20. The molecule has 0 aromatic carbocycles. The zero-order valence-electron chi connectivity index (χ0n) is 11.2. The summed E-state index contributed by atoms with van der Waals surface area (Å²) in [5.41, 5.74) is 2.11. The van der Waals surface area contributed by atoms with Gasteiger partial charge in [0.15, 0.2) is 0 Å². The van der Waals surface area contributed by atoms with Gasteiger partial charge in [0.2, 0.25) is 0 Å². The number of aryl methyl sites for hydroxylation is 2. The Morgan fingerprint density at radius 2 is 2.06 bits per heavy atom. The molecule has 0 atom stereocenters. The summed E-state index contributed by atoms with van der Waals surface area (Å²) in [6.45, 7) is 8.00. The molecule has 17 heavy (non-hydrogen) atoms. The van der Waals surface area contributed by atoms with Crippen LogP contribution in [-0.2, 0) is 11.3 Å². The fourth-order valence-corrected chi connectivity index (χ4v) is 1.46. The van der Waals surface area contributed by atoms with E-state index in [1.54, 1.807) is 0 Å². The maximum atomic E-state index is 5.48. The molecule has 0 aliphatic rings. The number of nitrogens with zero attached hydrogens (tertiary/aromatic N) is 2. The van der Waals surface area contributed by atoms with E-state index in [0.717, 1.165) is 49.9 Å². The van der Waals surface area contributed by atoms with E-state index in [4.69, 9.17) is 9.26 Å². The molecule has 1 N–H and O–H groups in total. The van der Waals surface area contributed by atoms with Crippen molar-refractivity contribution in [2.75, 3.05) is 40.4 Å². The summed E-state index contributed by atoms with van der Waals surface area (Å²) in [6, 6.07) is 0. The van der Waals surface area contributed by atoms with E-state index in [0.29, 0.717) is 0 Å². The molecule has 0 radical (unpaired) electrons. The fourth-order valence-electron chi connectivity index (χ4n) is 1.46. The van der Waals surface area contributed by atoms with Gasteiger partial charge in [0.25, 0.3) is 0 Å². The Labute approximate surface area is 103 Å². The van der Waals surface area contributed by atoms with Crippen LogP contribution in [0, 0.1) is 13.8 Å². The van der Waals surface area contributed by atoms with Crippen molar-refractivity contribution in [1.29, 1.82) is 0 Å². The molecule has 98 valence electrons. The summed E-state index contributed by atoms with van der Waals surface area (Å²) in [4.78, 5) is 2.11. The first-order valence-electron chi connectivity index (χ1n) is 5.96. The predicted molar refractivity (Wildman–Crippen MR) is 67.1 cm³/mol. The second-order valence-corrected chi connectivity index (χ2v) is 4.40. The van der Waals surface area contributed by atoms with Crippen LogP contribution >= 0.6 is 0 Å². The van der Waals surface area contributed by atoms with Gasteiger partial charge in [0, 0.05) is 25.2 Å². The van der Waals surface area contributed by atoms with Crippen LogP contribution in [0.4, 0.5) is 0 Å². The van der Waals surface area contributed by atoms with Gasteiger partial charge in [-0.1, -0.05) is 5.16 Å². The average Bonchev–Trinajstić information content (AvgIpc) is 2.58. The number of ether oxygens (including phenoxy) is 1. The molecule has 1 aromatic heterocycles. The van der Waals surface area contributed by atoms with Gasteiger partial charge in [0.05, 0.1) is 18.9 Å². The predicted octanol–water partition coefficient (Wildman–Crippen LogP) is 0.959. The van der Waals surface area contributed by atoms with E-state index in [9.17, 15) is 0 Å². The Balaban J connectivity index is 2.05. The lowest BCUT2D eigenvalue weighted by Crippen LogP contribution is -2.23. The third-order valence-corrected chi connectivity index (χ3v) is 2.59. The fraction of sp³-hybridized carbons (Fsp3) is 0.750. The maximum Gasteiger partial charge on any atom is 0.138 e. The lowest BCUT2D eigenvalue weighted by Gasteiger charge is -2.10. The first-order valence-corrected chi connectivity index (χ1v) is 5.96. The van der Waals surface area contributed by atoms with Crippen molar-refractivity contribution in [1.82, 2.24) is 15.4 Å². The average molecular weight is 241 g/mol. The SMILES string of the molecule is Cc1noc(C)c1CNCCOCCN(C)C. The van der Waals surface area contributed by atoms with E-state index in [1.807, 2.05) is 27.9 Å². The quantitative estimate of drug-likeness (QED) is 0.687. The highest BCUT2D eigenvalue weighted by Gasteiger charge is 2.07. The summed E-state index contributed by atoms with van der Waals surface area (Å²) in [5, 5.41) is 7.23. The first kappa shape index (κ1) is 14.2. The molecule has 1 aromatic rings. The Kier molecular flexibility index (Phi) is 6.18. The number of rotatable bonds is 8. The summed E-state index contributed by atoms with van der Waals surface area (Å²) >= 11 is 0. The molecular formula is C12H23N3O2. The molecule has 5 nitrogen and oxygen atoms in total. The zero-order chi connectivity index (χ0) is 12.7. The Hall–Kier alpha value is -0.910. The van der Waals surface area contributed by atoms with Gasteiger partial charge in [-0.05, 0) is 27.9 Å². The van der Waals surface area contributed by atoms with Crippen LogP contribution in [-0.4, -0.2) is 50.5 Å². The molecular weight excluding hydrogens is 218 g/mol. The van der Waals surface area contributed by atoms with E-state index in [-0.39, 0.29) is 0 Å². The number of hydrogen-bond acceptors (Lipinski definition) is 5. The summed E-state index contributed by atoms with van der Waals surface area (Å²) in [5.74, 6) is 0.892.